The van der Waals surface area contributed by atoms with E-state index in [-0.39, 0.29) is 12.3 Å². The summed E-state index contributed by atoms with van der Waals surface area (Å²) in [4.78, 5) is 28.6. The molecule has 0 amide bonds. The Hall–Kier alpha value is -1.56. The van der Waals surface area contributed by atoms with Gasteiger partial charge in [0.1, 0.15) is 5.60 Å². The highest BCUT2D eigenvalue weighted by Crippen LogP contribution is 2.24. The van der Waals surface area contributed by atoms with Gasteiger partial charge in [0.2, 0.25) is 0 Å². The van der Waals surface area contributed by atoms with Gasteiger partial charge in [-0.15, -0.1) is 11.8 Å². The second-order valence-corrected chi connectivity index (χ2v) is 6.53. The smallest absolute Gasteiger partial charge is 0.358 e. The van der Waals surface area contributed by atoms with E-state index in [9.17, 15) is 9.59 Å². The summed E-state index contributed by atoms with van der Waals surface area (Å²) in [7, 11) is 0. The van der Waals surface area contributed by atoms with E-state index in [0.29, 0.717) is 10.5 Å². The van der Waals surface area contributed by atoms with E-state index in [1.54, 1.807) is 33.8 Å². The third kappa shape index (κ3) is 5.38. The lowest BCUT2D eigenvalue weighted by molar-refractivity contribution is 0.00680. The minimum absolute atomic E-state index is 0.232. The number of carbonyl (C=O) groups excluding carboxylic acids is 2. The lowest BCUT2D eigenvalue weighted by atomic mass is 10.2. The second-order valence-electron chi connectivity index (χ2n) is 5.23. The molecular weight excluding hydrogens is 290 g/mol. The SMILES string of the molecule is CCOC(=O)c1ncc(C(=O)OC(C)(C)C)cc1SCC. The van der Waals surface area contributed by atoms with Crippen molar-refractivity contribution in [1.29, 1.82) is 0 Å². The Morgan fingerprint density at radius 2 is 1.90 bits per heavy atom. The first-order chi connectivity index (χ1) is 9.78. The molecule has 0 fully saturated rings. The number of hydrogen-bond acceptors (Lipinski definition) is 6. The number of rotatable bonds is 5. The van der Waals surface area contributed by atoms with Crippen molar-refractivity contribution in [3.63, 3.8) is 0 Å². The number of thioether (sulfide) groups is 1. The van der Waals surface area contributed by atoms with Gasteiger partial charge in [-0.05, 0) is 39.5 Å². The quantitative estimate of drug-likeness (QED) is 0.614. The number of pyridine rings is 1. The van der Waals surface area contributed by atoms with Crippen LogP contribution in [0.5, 0.6) is 0 Å². The van der Waals surface area contributed by atoms with E-state index in [1.807, 2.05) is 6.92 Å². The van der Waals surface area contributed by atoms with Gasteiger partial charge in [0.05, 0.1) is 12.2 Å². The number of esters is 2. The fraction of sp³-hybridized carbons (Fsp3) is 0.533. The Morgan fingerprint density at radius 3 is 2.43 bits per heavy atom. The molecule has 116 valence electrons. The van der Waals surface area contributed by atoms with Crippen LogP contribution in [0.15, 0.2) is 17.2 Å². The van der Waals surface area contributed by atoms with Gasteiger partial charge in [0.15, 0.2) is 5.69 Å². The van der Waals surface area contributed by atoms with Crippen LogP contribution >= 0.6 is 11.8 Å². The van der Waals surface area contributed by atoms with E-state index in [0.717, 1.165) is 5.75 Å². The number of ether oxygens (including phenoxy) is 2. The first kappa shape index (κ1) is 17.5. The predicted octanol–water partition coefficient (Wildman–Crippen LogP) is 3.33. The summed E-state index contributed by atoms with van der Waals surface area (Å²) >= 11 is 1.43. The van der Waals surface area contributed by atoms with Gasteiger partial charge in [-0.2, -0.15) is 0 Å². The Morgan fingerprint density at radius 1 is 1.24 bits per heavy atom. The van der Waals surface area contributed by atoms with Gasteiger partial charge in [-0.1, -0.05) is 6.92 Å². The number of nitrogens with zero attached hydrogens (tertiary/aromatic N) is 1. The van der Waals surface area contributed by atoms with Crippen LogP contribution in [0.3, 0.4) is 0 Å². The Bertz CT molecular complexity index is 523. The van der Waals surface area contributed by atoms with Crippen molar-refractivity contribution in [2.45, 2.75) is 45.1 Å². The molecule has 0 radical (unpaired) electrons. The van der Waals surface area contributed by atoms with Gasteiger partial charge in [-0.3, -0.25) is 0 Å². The first-order valence-electron chi connectivity index (χ1n) is 6.81. The maximum Gasteiger partial charge on any atom is 0.358 e. The fourth-order valence-corrected chi connectivity index (χ4v) is 2.31. The molecule has 1 rings (SSSR count). The molecule has 1 heterocycles. The average Bonchev–Trinajstić information content (AvgIpc) is 2.37. The topological polar surface area (TPSA) is 65.5 Å². The van der Waals surface area contributed by atoms with Crippen LogP contribution in [0, 0.1) is 0 Å². The summed E-state index contributed by atoms with van der Waals surface area (Å²) < 4.78 is 10.3. The minimum Gasteiger partial charge on any atom is -0.461 e. The highest BCUT2D eigenvalue weighted by molar-refractivity contribution is 7.99. The average molecular weight is 311 g/mol. The van der Waals surface area contributed by atoms with Crippen molar-refractivity contribution in [2.24, 2.45) is 0 Å². The van der Waals surface area contributed by atoms with Gasteiger partial charge < -0.3 is 9.47 Å². The molecule has 1 aromatic heterocycles. The standard InChI is InChI=1S/C15H21NO4S/c1-6-19-14(18)12-11(21-7-2)8-10(9-16-12)13(17)20-15(3,4)5/h8-9H,6-7H2,1-5H3. The lowest BCUT2D eigenvalue weighted by Gasteiger charge is -2.19. The van der Waals surface area contributed by atoms with E-state index >= 15 is 0 Å². The van der Waals surface area contributed by atoms with Crippen LogP contribution in [0.25, 0.3) is 0 Å². The maximum absolute atomic E-state index is 12.0. The Balaban J connectivity index is 3.08. The summed E-state index contributed by atoms with van der Waals surface area (Å²) in [5.74, 6) is -0.182. The summed E-state index contributed by atoms with van der Waals surface area (Å²) in [5, 5.41) is 0. The van der Waals surface area contributed by atoms with Crippen LogP contribution < -0.4 is 0 Å². The lowest BCUT2D eigenvalue weighted by Crippen LogP contribution is -2.24. The molecule has 0 N–H and O–H groups in total. The van der Waals surface area contributed by atoms with Crippen LogP contribution in [0.2, 0.25) is 0 Å². The molecule has 0 unspecified atom stereocenters. The van der Waals surface area contributed by atoms with E-state index in [2.05, 4.69) is 4.98 Å². The Labute approximate surface area is 129 Å². The van der Waals surface area contributed by atoms with Gasteiger partial charge >= 0.3 is 11.9 Å². The Kier molecular flexibility index (Phi) is 6.20. The van der Waals surface area contributed by atoms with Gasteiger partial charge in [0, 0.05) is 11.1 Å². The number of carbonyl (C=O) groups is 2. The van der Waals surface area contributed by atoms with Gasteiger partial charge in [-0.25, -0.2) is 14.6 Å². The molecule has 0 spiro atoms. The molecule has 6 heteroatoms. The summed E-state index contributed by atoms with van der Waals surface area (Å²) in [5.41, 5.74) is -0.0143. The third-order valence-corrected chi connectivity index (χ3v) is 3.17. The van der Waals surface area contributed by atoms with Crippen molar-refractivity contribution in [2.75, 3.05) is 12.4 Å². The molecule has 0 bridgehead atoms. The van der Waals surface area contributed by atoms with Crippen molar-refractivity contribution >= 4 is 23.7 Å². The molecule has 0 aliphatic carbocycles. The molecule has 0 aliphatic heterocycles. The molecule has 0 aromatic carbocycles. The second kappa shape index (κ2) is 7.45. The van der Waals surface area contributed by atoms with Crippen molar-refractivity contribution in [3.8, 4) is 0 Å². The zero-order valence-corrected chi connectivity index (χ0v) is 13.9. The number of hydrogen-bond donors (Lipinski definition) is 0. The van der Waals surface area contributed by atoms with E-state index in [4.69, 9.17) is 9.47 Å². The maximum atomic E-state index is 12.0. The molecule has 21 heavy (non-hydrogen) atoms. The molecule has 0 atom stereocenters. The molecule has 0 saturated carbocycles. The molecule has 5 nitrogen and oxygen atoms in total. The van der Waals surface area contributed by atoms with Crippen LogP contribution in [-0.4, -0.2) is 34.9 Å². The molecule has 0 saturated heterocycles. The number of aromatic nitrogens is 1. The first-order valence-corrected chi connectivity index (χ1v) is 7.80. The fourth-order valence-electron chi connectivity index (χ4n) is 1.51. The zero-order chi connectivity index (χ0) is 16.0. The summed E-state index contributed by atoms with van der Waals surface area (Å²) in [6.45, 7) is 9.37. The van der Waals surface area contributed by atoms with E-state index in [1.165, 1.54) is 18.0 Å². The van der Waals surface area contributed by atoms with Crippen molar-refractivity contribution in [3.05, 3.63) is 23.5 Å². The molecule has 0 aliphatic rings. The van der Waals surface area contributed by atoms with Crippen LogP contribution in [0.1, 0.15) is 55.5 Å². The molecular formula is C15H21NO4S. The minimum atomic E-state index is -0.574. The molecule has 1 aromatic rings. The highest BCUT2D eigenvalue weighted by Gasteiger charge is 2.21. The predicted molar refractivity (Wildman–Crippen MR) is 81.8 cm³/mol. The van der Waals surface area contributed by atoms with Crippen molar-refractivity contribution < 1.29 is 19.1 Å². The third-order valence-electron chi connectivity index (χ3n) is 2.26. The van der Waals surface area contributed by atoms with Crippen molar-refractivity contribution in [1.82, 2.24) is 4.98 Å². The zero-order valence-electron chi connectivity index (χ0n) is 13.1. The summed E-state index contributed by atoms with van der Waals surface area (Å²) in [6.07, 6.45) is 1.35. The van der Waals surface area contributed by atoms with Crippen LogP contribution in [0.4, 0.5) is 0 Å². The largest absolute Gasteiger partial charge is 0.461 e. The summed E-state index contributed by atoms with van der Waals surface area (Å²) in [6, 6.07) is 1.63. The normalized spacial score (nSPS) is 11.1. The van der Waals surface area contributed by atoms with E-state index < -0.39 is 17.5 Å². The monoisotopic (exact) mass is 311 g/mol. The highest BCUT2D eigenvalue weighted by atomic mass is 32.2. The van der Waals surface area contributed by atoms with Crippen LogP contribution in [-0.2, 0) is 9.47 Å². The van der Waals surface area contributed by atoms with Gasteiger partial charge in [0.25, 0.3) is 0 Å².